The largest absolute Gasteiger partial charge is 0.490 e. The topological polar surface area (TPSA) is 115 Å². The number of carboxylic acid groups (broad SMARTS) is 1. The van der Waals surface area contributed by atoms with Gasteiger partial charge in [-0.1, -0.05) is 0 Å². The molecular formula is C20H29F3N6O4. The highest BCUT2D eigenvalue weighted by Gasteiger charge is 2.38. The second kappa shape index (κ2) is 11.3. The molecule has 3 heterocycles. The van der Waals surface area contributed by atoms with Crippen LogP contribution in [0, 0.1) is 6.92 Å². The van der Waals surface area contributed by atoms with Crippen molar-refractivity contribution in [1.82, 2.24) is 29.5 Å². The van der Waals surface area contributed by atoms with Gasteiger partial charge in [-0.15, -0.1) is 0 Å². The lowest BCUT2D eigenvalue weighted by Crippen LogP contribution is -2.36. The van der Waals surface area contributed by atoms with Gasteiger partial charge in [0.05, 0.1) is 36.2 Å². The van der Waals surface area contributed by atoms with Crippen LogP contribution in [0.4, 0.5) is 13.2 Å². The van der Waals surface area contributed by atoms with E-state index in [1.165, 1.54) is 5.69 Å². The zero-order valence-corrected chi connectivity index (χ0v) is 19.0. The first-order valence-electron chi connectivity index (χ1n) is 10.3. The van der Waals surface area contributed by atoms with Crippen molar-refractivity contribution >= 4 is 11.9 Å². The van der Waals surface area contributed by atoms with Crippen LogP contribution in [0.5, 0.6) is 0 Å². The van der Waals surface area contributed by atoms with Crippen molar-refractivity contribution in [3.63, 3.8) is 0 Å². The molecule has 1 unspecified atom stereocenters. The van der Waals surface area contributed by atoms with Gasteiger partial charge in [0.2, 0.25) is 5.91 Å². The van der Waals surface area contributed by atoms with Crippen LogP contribution in [0.15, 0.2) is 12.3 Å². The third-order valence-corrected chi connectivity index (χ3v) is 5.08. The molecular weight excluding hydrogens is 445 g/mol. The SMILES string of the molecule is COCCNC(=O)Cc1cn2c(n1)C(C)N(Cc1cc(C)nn1C)CC2.O=C(O)C(F)(F)F. The molecule has 1 amide bonds. The summed E-state index contributed by atoms with van der Waals surface area (Å²) in [5, 5.41) is 14.4. The fourth-order valence-corrected chi connectivity index (χ4v) is 3.43. The molecule has 3 rings (SSSR count). The number of halogens is 3. The molecule has 1 atom stereocenters. The Bertz CT molecular complexity index is 956. The van der Waals surface area contributed by atoms with E-state index in [2.05, 4.69) is 32.9 Å². The van der Waals surface area contributed by atoms with E-state index >= 15 is 0 Å². The summed E-state index contributed by atoms with van der Waals surface area (Å²) in [6.07, 6.45) is -2.77. The number of ether oxygens (including phenoxy) is 1. The van der Waals surface area contributed by atoms with E-state index in [4.69, 9.17) is 19.6 Å². The summed E-state index contributed by atoms with van der Waals surface area (Å²) in [6, 6.07) is 2.33. The van der Waals surface area contributed by atoms with Crippen LogP contribution in [-0.4, -0.2) is 74.2 Å². The normalized spacial score (nSPS) is 16.0. The minimum absolute atomic E-state index is 0.0210. The number of alkyl halides is 3. The first-order chi connectivity index (χ1) is 15.4. The van der Waals surface area contributed by atoms with E-state index in [1.54, 1.807) is 7.11 Å². The van der Waals surface area contributed by atoms with Crippen molar-refractivity contribution in [2.45, 2.75) is 45.6 Å². The minimum atomic E-state index is -5.08. The van der Waals surface area contributed by atoms with Crippen LogP contribution in [0.1, 0.15) is 35.9 Å². The van der Waals surface area contributed by atoms with Crippen LogP contribution in [-0.2, 0) is 40.9 Å². The Morgan fingerprint density at radius 2 is 2.00 bits per heavy atom. The Morgan fingerprint density at radius 1 is 1.33 bits per heavy atom. The molecule has 0 spiro atoms. The summed E-state index contributed by atoms with van der Waals surface area (Å²) in [4.78, 5) is 28.0. The van der Waals surface area contributed by atoms with Crippen molar-refractivity contribution in [1.29, 1.82) is 0 Å². The lowest BCUT2D eigenvalue weighted by Gasteiger charge is -2.33. The molecule has 1 aliphatic rings. The third-order valence-electron chi connectivity index (χ3n) is 5.08. The van der Waals surface area contributed by atoms with Crippen LogP contribution in [0.3, 0.4) is 0 Å². The second-order valence-corrected chi connectivity index (χ2v) is 7.65. The zero-order chi connectivity index (χ0) is 24.8. The number of aryl methyl sites for hydroxylation is 2. The fourth-order valence-electron chi connectivity index (χ4n) is 3.43. The van der Waals surface area contributed by atoms with Gasteiger partial charge in [0.1, 0.15) is 5.82 Å². The van der Waals surface area contributed by atoms with Crippen molar-refractivity contribution in [3.05, 3.63) is 35.2 Å². The molecule has 0 radical (unpaired) electrons. The van der Waals surface area contributed by atoms with Crippen molar-refractivity contribution in [2.24, 2.45) is 7.05 Å². The molecule has 13 heteroatoms. The van der Waals surface area contributed by atoms with Crippen LogP contribution >= 0.6 is 0 Å². The van der Waals surface area contributed by atoms with Gasteiger partial charge >= 0.3 is 12.1 Å². The van der Waals surface area contributed by atoms with Gasteiger partial charge in [-0.3, -0.25) is 14.4 Å². The first-order valence-corrected chi connectivity index (χ1v) is 10.3. The van der Waals surface area contributed by atoms with Gasteiger partial charge in [0.25, 0.3) is 0 Å². The number of aromatic nitrogens is 4. The number of fused-ring (bicyclic) bond motifs is 1. The summed E-state index contributed by atoms with van der Waals surface area (Å²) < 4.78 is 40.8. The molecule has 184 valence electrons. The quantitative estimate of drug-likeness (QED) is 0.584. The number of carbonyl (C=O) groups is 2. The highest BCUT2D eigenvalue weighted by atomic mass is 19.4. The second-order valence-electron chi connectivity index (χ2n) is 7.65. The lowest BCUT2D eigenvalue weighted by atomic mass is 10.2. The summed E-state index contributed by atoms with van der Waals surface area (Å²) in [5.41, 5.74) is 3.06. The summed E-state index contributed by atoms with van der Waals surface area (Å²) in [6.45, 7) is 7.91. The molecule has 0 saturated carbocycles. The number of aliphatic carboxylic acids is 1. The molecule has 2 aromatic rings. The van der Waals surface area contributed by atoms with Gasteiger partial charge in [-0.05, 0) is 19.9 Å². The van der Waals surface area contributed by atoms with E-state index in [1.807, 2.05) is 24.9 Å². The number of carbonyl (C=O) groups excluding carboxylic acids is 1. The van der Waals surface area contributed by atoms with E-state index < -0.39 is 12.1 Å². The van der Waals surface area contributed by atoms with Crippen LogP contribution < -0.4 is 5.32 Å². The van der Waals surface area contributed by atoms with Crippen LogP contribution in [0.2, 0.25) is 0 Å². The number of rotatable bonds is 7. The maximum absolute atomic E-state index is 12.0. The summed E-state index contributed by atoms with van der Waals surface area (Å²) >= 11 is 0. The average molecular weight is 474 g/mol. The number of hydrogen-bond acceptors (Lipinski definition) is 6. The Kier molecular flexibility index (Phi) is 8.99. The molecule has 0 aromatic carbocycles. The number of methoxy groups -OCH3 is 1. The molecule has 0 aliphatic carbocycles. The molecule has 0 bridgehead atoms. The van der Waals surface area contributed by atoms with Crippen molar-refractivity contribution in [3.8, 4) is 0 Å². The zero-order valence-electron chi connectivity index (χ0n) is 19.0. The van der Waals surface area contributed by atoms with E-state index in [0.29, 0.717) is 19.6 Å². The third kappa shape index (κ3) is 7.56. The summed E-state index contributed by atoms with van der Waals surface area (Å²) in [5.74, 6) is -1.75. The molecule has 10 nitrogen and oxygen atoms in total. The Morgan fingerprint density at radius 3 is 2.55 bits per heavy atom. The lowest BCUT2D eigenvalue weighted by molar-refractivity contribution is -0.192. The van der Waals surface area contributed by atoms with Gasteiger partial charge in [0.15, 0.2) is 0 Å². The van der Waals surface area contributed by atoms with Crippen LogP contribution in [0.25, 0.3) is 0 Å². The molecule has 0 saturated heterocycles. The van der Waals surface area contributed by atoms with Gasteiger partial charge in [-0.25, -0.2) is 9.78 Å². The average Bonchev–Trinajstić information content (AvgIpc) is 3.26. The van der Waals surface area contributed by atoms with Gasteiger partial charge < -0.3 is 19.7 Å². The minimum Gasteiger partial charge on any atom is -0.475 e. The Labute approximate surface area is 189 Å². The van der Waals surface area contributed by atoms with Crippen molar-refractivity contribution in [2.75, 3.05) is 26.8 Å². The van der Waals surface area contributed by atoms with Gasteiger partial charge in [-0.2, -0.15) is 18.3 Å². The van der Waals surface area contributed by atoms with Gasteiger partial charge in [0, 0.05) is 46.5 Å². The molecule has 2 N–H and O–H groups in total. The number of carboxylic acids is 1. The first kappa shape index (κ1) is 26.3. The molecule has 0 fully saturated rings. The predicted molar refractivity (Wildman–Crippen MR) is 111 cm³/mol. The summed E-state index contributed by atoms with van der Waals surface area (Å²) in [7, 11) is 3.60. The van der Waals surface area contributed by atoms with E-state index in [-0.39, 0.29) is 11.9 Å². The number of amides is 1. The fraction of sp³-hybridized carbons (Fsp3) is 0.600. The smallest absolute Gasteiger partial charge is 0.475 e. The number of imidazole rings is 1. The number of nitrogens with zero attached hydrogens (tertiary/aromatic N) is 5. The molecule has 2 aromatic heterocycles. The van der Waals surface area contributed by atoms with E-state index in [0.717, 1.165) is 36.8 Å². The standard InChI is InChI=1S/C18H28N6O2.C2HF3O2/c1-13-9-16(22(3)21-13)12-23-6-7-24-11-15(20-18(24)14(23)2)10-17(25)19-5-8-26-4;3-2(4,5)1(6)7/h9,11,14H,5-8,10,12H2,1-4H3,(H,19,25);(H,6,7). The highest BCUT2D eigenvalue weighted by Crippen LogP contribution is 2.26. The molecule has 1 aliphatic heterocycles. The maximum Gasteiger partial charge on any atom is 0.490 e. The Hall–Kier alpha value is -2.93. The highest BCUT2D eigenvalue weighted by molar-refractivity contribution is 5.78. The Balaban J connectivity index is 0.000000479. The maximum atomic E-state index is 12.0. The molecule has 33 heavy (non-hydrogen) atoms. The predicted octanol–water partition coefficient (Wildman–Crippen LogP) is 1.44. The number of nitrogens with one attached hydrogen (secondary N) is 1. The number of hydrogen-bond donors (Lipinski definition) is 2. The van der Waals surface area contributed by atoms with E-state index in [9.17, 15) is 18.0 Å². The monoisotopic (exact) mass is 474 g/mol. The van der Waals surface area contributed by atoms with Crippen molar-refractivity contribution < 1.29 is 32.6 Å².